The van der Waals surface area contributed by atoms with Crippen LogP contribution in [0.2, 0.25) is 0 Å². The Labute approximate surface area is 99.6 Å². The summed E-state index contributed by atoms with van der Waals surface area (Å²) in [5.41, 5.74) is 0.773. The van der Waals surface area contributed by atoms with Gasteiger partial charge in [0.1, 0.15) is 0 Å². The summed E-state index contributed by atoms with van der Waals surface area (Å²) in [6, 6.07) is 4.00. The summed E-state index contributed by atoms with van der Waals surface area (Å²) in [6.07, 6.45) is 2.08. The molecule has 4 heteroatoms. The molecule has 0 saturated carbocycles. The molecule has 0 aliphatic rings. The molecule has 1 nitrogen and oxygen atoms in total. The standard InChI is InChI=1S/C12H17F2NS/c1-9(8-16-2)6-15-7-10-3-4-11(13)12(14)5-10/h3-5,9,15H,6-8H2,1-2H3. The third kappa shape index (κ3) is 4.49. The Balaban J connectivity index is 2.34. The summed E-state index contributed by atoms with van der Waals surface area (Å²) in [4.78, 5) is 0. The van der Waals surface area contributed by atoms with Gasteiger partial charge in [0.15, 0.2) is 11.6 Å². The van der Waals surface area contributed by atoms with Crippen LogP contribution in [0.5, 0.6) is 0 Å². The molecule has 0 amide bonds. The maximum Gasteiger partial charge on any atom is 0.159 e. The second kappa shape index (κ2) is 6.86. The van der Waals surface area contributed by atoms with Gasteiger partial charge in [0.05, 0.1) is 0 Å². The zero-order valence-corrected chi connectivity index (χ0v) is 10.4. The first-order valence-corrected chi connectivity index (χ1v) is 6.66. The molecule has 0 aliphatic carbocycles. The van der Waals surface area contributed by atoms with Gasteiger partial charge in [-0.3, -0.25) is 0 Å². The van der Waals surface area contributed by atoms with Crippen LogP contribution in [0.15, 0.2) is 18.2 Å². The van der Waals surface area contributed by atoms with E-state index in [1.807, 2.05) is 11.8 Å². The normalized spacial score (nSPS) is 12.8. The number of benzene rings is 1. The average molecular weight is 245 g/mol. The van der Waals surface area contributed by atoms with E-state index in [1.54, 1.807) is 6.07 Å². The molecule has 1 unspecified atom stereocenters. The van der Waals surface area contributed by atoms with Crippen LogP contribution in [-0.4, -0.2) is 18.6 Å². The van der Waals surface area contributed by atoms with Crippen LogP contribution < -0.4 is 5.32 Å². The molecule has 0 bridgehead atoms. The second-order valence-electron chi connectivity index (χ2n) is 3.94. The van der Waals surface area contributed by atoms with Crippen LogP contribution >= 0.6 is 11.8 Å². The highest BCUT2D eigenvalue weighted by atomic mass is 32.2. The fraction of sp³-hybridized carbons (Fsp3) is 0.500. The Kier molecular flexibility index (Phi) is 5.77. The van der Waals surface area contributed by atoms with Crippen molar-refractivity contribution in [1.29, 1.82) is 0 Å². The van der Waals surface area contributed by atoms with E-state index >= 15 is 0 Å². The fourth-order valence-electron chi connectivity index (χ4n) is 1.46. The minimum absolute atomic E-state index is 0.579. The van der Waals surface area contributed by atoms with E-state index in [0.717, 1.165) is 23.9 Å². The largest absolute Gasteiger partial charge is 0.312 e. The van der Waals surface area contributed by atoms with Crippen LogP contribution in [-0.2, 0) is 6.54 Å². The fourth-order valence-corrected chi connectivity index (χ4v) is 2.14. The molecule has 0 heterocycles. The number of hydrogen-bond donors (Lipinski definition) is 1. The molecule has 1 N–H and O–H groups in total. The summed E-state index contributed by atoms with van der Waals surface area (Å²) in [5.74, 6) is 0.112. The molecule has 0 spiro atoms. The van der Waals surface area contributed by atoms with Crippen molar-refractivity contribution in [3.8, 4) is 0 Å². The van der Waals surface area contributed by atoms with E-state index in [9.17, 15) is 8.78 Å². The average Bonchev–Trinajstić information content (AvgIpc) is 2.24. The highest BCUT2D eigenvalue weighted by molar-refractivity contribution is 7.98. The molecule has 0 aliphatic heterocycles. The lowest BCUT2D eigenvalue weighted by Crippen LogP contribution is -2.22. The predicted molar refractivity (Wildman–Crippen MR) is 65.6 cm³/mol. The van der Waals surface area contributed by atoms with Gasteiger partial charge in [-0.2, -0.15) is 11.8 Å². The minimum Gasteiger partial charge on any atom is -0.312 e. The van der Waals surface area contributed by atoms with Gasteiger partial charge in [-0.1, -0.05) is 13.0 Å². The third-order valence-corrected chi connectivity index (χ3v) is 3.16. The lowest BCUT2D eigenvalue weighted by atomic mass is 10.2. The Morgan fingerprint density at radius 1 is 1.31 bits per heavy atom. The molecule has 1 aromatic rings. The smallest absolute Gasteiger partial charge is 0.159 e. The van der Waals surface area contributed by atoms with Gasteiger partial charge in [-0.05, 0) is 42.2 Å². The van der Waals surface area contributed by atoms with Gasteiger partial charge >= 0.3 is 0 Å². The van der Waals surface area contributed by atoms with Gasteiger partial charge in [-0.25, -0.2) is 8.78 Å². The summed E-state index contributed by atoms with van der Waals surface area (Å²) in [5, 5.41) is 3.23. The lowest BCUT2D eigenvalue weighted by molar-refractivity contribution is 0.504. The number of nitrogens with one attached hydrogen (secondary N) is 1. The molecule has 1 atom stereocenters. The molecule has 90 valence electrons. The van der Waals surface area contributed by atoms with E-state index in [0.29, 0.717) is 12.5 Å². The second-order valence-corrected chi connectivity index (χ2v) is 4.85. The van der Waals surface area contributed by atoms with Crippen LogP contribution in [0.4, 0.5) is 8.78 Å². The van der Waals surface area contributed by atoms with Crippen molar-refractivity contribution in [2.24, 2.45) is 5.92 Å². The maximum absolute atomic E-state index is 12.9. The van der Waals surface area contributed by atoms with Crippen molar-refractivity contribution in [1.82, 2.24) is 5.32 Å². The summed E-state index contributed by atoms with van der Waals surface area (Å²) in [7, 11) is 0. The Morgan fingerprint density at radius 2 is 2.06 bits per heavy atom. The van der Waals surface area contributed by atoms with E-state index in [4.69, 9.17) is 0 Å². The van der Waals surface area contributed by atoms with Crippen LogP contribution in [0, 0.1) is 17.6 Å². The highest BCUT2D eigenvalue weighted by Crippen LogP contribution is 2.09. The monoisotopic (exact) mass is 245 g/mol. The zero-order chi connectivity index (χ0) is 12.0. The Bertz CT molecular complexity index is 331. The molecule has 1 rings (SSSR count). The van der Waals surface area contributed by atoms with Gasteiger partial charge in [0.25, 0.3) is 0 Å². The van der Waals surface area contributed by atoms with Crippen molar-refractivity contribution in [3.05, 3.63) is 35.4 Å². The van der Waals surface area contributed by atoms with Gasteiger partial charge in [-0.15, -0.1) is 0 Å². The molecule has 16 heavy (non-hydrogen) atoms. The number of thioether (sulfide) groups is 1. The van der Waals surface area contributed by atoms with Crippen molar-refractivity contribution in [2.45, 2.75) is 13.5 Å². The SMILES string of the molecule is CSCC(C)CNCc1ccc(F)c(F)c1. The molecular formula is C12H17F2NS. The van der Waals surface area contributed by atoms with Crippen molar-refractivity contribution in [2.75, 3.05) is 18.6 Å². The number of halogens is 2. The highest BCUT2D eigenvalue weighted by Gasteiger charge is 2.03. The first-order valence-electron chi connectivity index (χ1n) is 5.27. The molecule has 0 radical (unpaired) electrons. The molecule has 0 fully saturated rings. The number of rotatable bonds is 6. The minimum atomic E-state index is -0.792. The first kappa shape index (κ1) is 13.5. The zero-order valence-electron chi connectivity index (χ0n) is 9.59. The van der Waals surface area contributed by atoms with Crippen molar-refractivity contribution in [3.63, 3.8) is 0 Å². The van der Waals surface area contributed by atoms with Gasteiger partial charge in [0, 0.05) is 6.54 Å². The molecule has 1 aromatic carbocycles. The Hall–Kier alpha value is -0.610. The summed E-state index contributed by atoms with van der Waals surface area (Å²) < 4.78 is 25.5. The van der Waals surface area contributed by atoms with Crippen LogP contribution in [0.3, 0.4) is 0 Å². The van der Waals surface area contributed by atoms with Gasteiger partial charge in [0.2, 0.25) is 0 Å². The van der Waals surface area contributed by atoms with Crippen LogP contribution in [0.1, 0.15) is 12.5 Å². The van der Waals surface area contributed by atoms with Crippen molar-refractivity contribution < 1.29 is 8.78 Å². The van der Waals surface area contributed by atoms with Gasteiger partial charge < -0.3 is 5.32 Å². The maximum atomic E-state index is 12.9. The van der Waals surface area contributed by atoms with E-state index in [-0.39, 0.29) is 0 Å². The number of hydrogen-bond acceptors (Lipinski definition) is 2. The van der Waals surface area contributed by atoms with E-state index < -0.39 is 11.6 Å². The Morgan fingerprint density at radius 3 is 2.69 bits per heavy atom. The first-order chi connectivity index (χ1) is 7.63. The van der Waals surface area contributed by atoms with E-state index in [2.05, 4.69) is 18.5 Å². The lowest BCUT2D eigenvalue weighted by Gasteiger charge is -2.11. The predicted octanol–water partition coefficient (Wildman–Crippen LogP) is 3.05. The summed E-state index contributed by atoms with van der Waals surface area (Å²) >= 11 is 1.81. The van der Waals surface area contributed by atoms with Crippen LogP contribution in [0.25, 0.3) is 0 Å². The van der Waals surface area contributed by atoms with E-state index in [1.165, 1.54) is 6.07 Å². The third-order valence-electron chi connectivity index (χ3n) is 2.26. The molecular weight excluding hydrogens is 228 g/mol. The quantitative estimate of drug-likeness (QED) is 0.826. The molecule has 0 aromatic heterocycles. The van der Waals surface area contributed by atoms with Crippen molar-refractivity contribution >= 4 is 11.8 Å². The topological polar surface area (TPSA) is 12.0 Å². The molecule has 0 saturated heterocycles. The summed E-state index contributed by atoms with van der Waals surface area (Å²) in [6.45, 7) is 3.63.